The highest BCUT2D eigenvalue weighted by molar-refractivity contribution is 5.86. The van der Waals surface area contributed by atoms with Crippen molar-refractivity contribution >= 4 is 11.9 Å². The predicted octanol–water partition coefficient (Wildman–Crippen LogP) is 2.05. The third-order valence-electron chi connectivity index (χ3n) is 6.73. The molecule has 4 rings (SSSR count). The minimum absolute atomic E-state index is 0.0123. The maximum Gasteiger partial charge on any atom is 0.326 e. The Morgan fingerprint density at radius 3 is 2.36 bits per heavy atom. The highest BCUT2D eigenvalue weighted by Gasteiger charge is 2.47. The fourth-order valence-corrected chi connectivity index (χ4v) is 5.26. The zero-order chi connectivity index (χ0) is 19.5. The lowest BCUT2D eigenvalue weighted by molar-refractivity contribution is -0.150. The largest absolute Gasteiger partial charge is 0.480 e. The summed E-state index contributed by atoms with van der Waals surface area (Å²) in [7, 11) is 0. The predicted molar refractivity (Wildman–Crippen MR) is 107 cm³/mol. The Balaban J connectivity index is 1.31. The van der Waals surface area contributed by atoms with Gasteiger partial charge in [-0.3, -0.25) is 14.6 Å². The molecule has 0 aromatic heterocycles. The molecule has 2 saturated heterocycles. The maximum absolute atomic E-state index is 13.1. The molecule has 0 bridgehead atoms. The van der Waals surface area contributed by atoms with Crippen molar-refractivity contribution in [1.29, 1.82) is 0 Å². The zero-order valence-electron chi connectivity index (χ0n) is 16.5. The normalized spacial score (nSPS) is 28.9. The molecule has 1 saturated carbocycles. The van der Waals surface area contributed by atoms with Crippen LogP contribution in [0.3, 0.4) is 0 Å². The van der Waals surface area contributed by atoms with Gasteiger partial charge < -0.3 is 10.0 Å². The van der Waals surface area contributed by atoms with Gasteiger partial charge in [0, 0.05) is 38.8 Å². The molecular formula is C22H31N3O3. The van der Waals surface area contributed by atoms with Gasteiger partial charge in [0.1, 0.15) is 6.04 Å². The Bertz CT molecular complexity index is 688. The first-order chi connectivity index (χ1) is 13.6. The van der Waals surface area contributed by atoms with E-state index in [1.54, 1.807) is 4.90 Å². The molecule has 1 aromatic carbocycles. The Morgan fingerprint density at radius 1 is 0.964 bits per heavy atom. The fraction of sp³-hybridized carbons (Fsp3) is 0.636. The van der Waals surface area contributed by atoms with Gasteiger partial charge in [0.25, 0.3) is 0 Å². The van der Waals surface area contributed by atoms with Crippen LogP contribution in [0.4, 0.5) is 0 Å². The van der Waals surface area contributed by atoms with Crippen molar-refractivity contribution in [1.82, 2.24) is 14.7 Å². The van der Waals surface area contributed by atoms with E-state index in [9.17, 15) is 14.7 Å². The summed E-state index contributed by atoms with van der Waals surface area (Å²) in [4.78, 5) is 31.2. The number of benzene rings is 1. The number of rotatable bonds is 5. The van der Waals surface area contributed by atoms with Crippen LogP contribution < -0.4 is 0 Å². The average molecular weight is 386 g/mol. The molecule has 0 radical (unpaired) electrons. The summed E-state index contributed by atoms with van der Waals surface area (Å²) in [5.41, 5.74) is 1.32. The van der Waals surface area contributed by atoms with Gasteiger partial charge >= 0.3 is 5.97 Å². The van der Waals surface area contributed by atoms with E-state index < -0.39 is 12.0 Å². The van der Waals surface area contributed by atoms with Crippen molar-refractivity contribution in [3.8, 4) is 0 Å². The second-order valence-electron chi connectivity index (χ2n) is 8.54. The molecule has 3 atom stereocenters. The number of carboxylic acid groups (broad SMARTS) is 1. The Labute approximate surface area is 167 Å². The summed E-state index contributed by atoms with van der Waals surface area (Å²) >= 11 is 0. The summed E-state index contributed by atoms with van der Waals surface area (Å²) in [6.07, 6.45) is 4.94. The molecule has 28 heavy (non-hydrogen) atoms. The number of carbonyl (C=O) groups is 2. The van der Waals surface area contributed by atoms with Gasteiger partial charge in [0.2, 0.25) is 5.91 Å². The van der Waals surface area contributed by atoms with Gasteiger partial charge in [-0.05, 0) is 30.7 Å². The molecule has 2 heterocycles. The van der Waals surface area contributed by atoms with Crippen LogP contribution in [0.15, 0.2) is 30.3 Å². The van der Waals surface area contributed by atoms with Crippen LogP contribution in [-0.4, -0.2) is 76.5 Å². The third-order valence-corrected chi connectivity index (χ3v) is 6.73. The number of nitrogens with zero attached hydrogens (tertiary/aromatic N) is 3. The number of likely N-dealkylation sites (tertiary alicyclic amines) is 1. The van der Waals surface area contributed by atoms with E-state index in [4.69, 9.17) is 0 Å². The van der Waals surface area contributed by atoms with Crippen LogP contribution >= 0.6 is 0 Å². The van der Waals surface area contributed by atoms with Crippen LogP contribution in [0.1, 0.15) is 37.7 Å². The monoisotopic (exact) mass is 385 g/mol. The third kappa shape index (κ3) is 4.23. The van der Waals surface area contributed by atoms with E-state index in [1.807, 2.05) is 6.07 Å². The number of hydrogen-bond donors (Lipinski definition) is 1. The van der Waals surface area contributed by atoms with Gasteiger partial charge in [0.05, 0.1) is 6.54 Å². The number of fused-ring (bicyclic) bond motifs is 1. The van der Waals surface area contributed by atoms with E-state index in [2.05, 4.69) is 34.1 Å². The minimum atomic E-state index is -0.838. The van der Waals surface area contributed by atoms with Gasteiger partial charge in [0.15, 0.2) is 0 Å². The summed E-state index contributed by atoms with van der Waals surface area (Å²) in [6.45, 7) is 4.90. The van der Waals surface area contributed by atoms with Crippen molar-refractivity contribution in [2.24, 2.45) is 5.92 Å². The molecular weight excluding hydrogens is 354 g/mol. The number of aliphatic carboxylic acids is 1. The molecule has 3 aliphatic rings. The first kappa shape index (κ1) is 19.4. The quantitative estimate of drug-likeness (QED) is 0.840. The number of hydrogen-bond acceptors (Lipinski definition) is 4. The van der Waals surface area contributed by atoms with E-state index in [0.29, 0.717) is 18.9 Å². The number of carbonyl (C=O) groups excluding carboxylic acids is 1. The molecule has 3 unspecified atom stereocenters. The SMILES string of the molecule is O=C(O)C1CC2CCCCC2N1C(=O)CN1CCN(Cc2ccccc2)CC1. The van der Waals surface area contributed by atoms with Crippen LogP contribution in [0, 0.1) is 5.92 Å². The topological polar surface area (TPSA) is 64.1 Å². The van der Waals surface area contributed by atoms with Gasteiger partial charge in [-0.25, -0.2) is 4.79 Å². The lowest BCUT2D eigenvalue weighted by Gasteiger charge is -2.37. The Hall–Kier alpha value is -1.92. The minimum Gasteiger partial charge on any atom is -0.480 e. The summed E-state index contributed by atoms with van der Waals surface area (Å²) in [5, 5.41) is 9.65. The van der Waals surface area contributed by atoms with Crippen molar-refractivity contribution in [3.05, 3.63) is 35.9 Å². The maximum atomic E-state index is 13.1. The second-order valence-corrected chi connectivity index (χ2v) is 8.54. The number of carboxylic acids is 1. The highest BCUT2D eigenvalue weighted by Crippen LogP contribution is 2.39. The standard InChI is InChI=1S/C22H31N3O3/c26-21(25-19-9-5-4-8-18(19)14-20(25)22(27)28)16-24-12-10-23(11-13-24)15-17-6-2-1-3-7-17/h1-3,6-7,18-20H,4-5,8-16H2,(H,27,28). The molecule has 1 amide bonds. The molecule has 2 aliphatic heterocycles. The number of amides is 1. The summed E-state index contributed by atoms with van der Waals surface area (Å²) in [5.74, 6) is -0.449. The Morgan fingerprint density at radius 2 is 1.64 bits per heavy atom. The van der Waals surface area contributed by atoms with Gasteiger partial charge in [-0.1, -0.05) is 43.2 Å². The van der Waals surface area contributed by atoms with Crippen LogP contribution in [-0.2, 0) is 16.1 Å². The van der Waals surface area contributed by atoms with Crippen molar-refractivity contribution in [2.75, 3.05) is 32.7 Å². The highest BCUT2D eigenvalue weighted by atomic mass is 16.4. The molecule has 6 heteroatoms. The van der Waals surface area contributed by atoms with E-state index in [-0.39, 0.29) is 11.9 Å². The second kappa shape index (κ2) is 8.62. The van der Waals surface area contributed by atoms with Gasteiger partial charge in [-0.15, -0.1) is 0 Å². The van der Waals surface area contributed by atoms with Crippen LogP contribution in [0.2, 0.25) is 0 Å². The lowest BCUT2D eigenvalue weighted by atomic mass is 9.85. The first-order valence-corrected chi connectivity index (χ1v) is 10.6. The molecule has 6 nitrogen and oxygen atoms in total. The summed E-state index contributed by atoms with van der Waals surface area (Å²) < 4.78 is 0. The molecule has 0 spiro atoms. The molecule has 1 aromatic rings. The smallest absolute Gasteiger partial charge is 0.326 e. The molecule has 1 aliphatic carbocycles. The van der Waals surface area contributed by atoms with E-state index in [1.165, 1.54) is 12.0 Å². The van der Waals surface area contributed by atoms with Gasteiger partial charge in [-0.2, -0.15) is 0 Å². The average Bonchev–Trinajstić information content (AvgIpc) is 3.10. The van der Waals surface area contributed by atoms with E-state index in [0.717, 1.165) is 52.0 Å². The van der Waals surface area contributed by atoms with Crippen molar-refractivity contribution in [2.45, 2.75) is 50.7 Å². The lowest BCUT2D eigenvalue weighted by Crippen LogP contribution is -2.53. The van der Waals surface area contributed by atoms with Crippen molar-refractivity contribution in [3.63, 3.8) is 0 Å². The Kier molecular flexibility index (Phi) is 5.97. The van der Waals surface area contributed by atoms with Crippen LogP contribution in [0.25, 0.3) is 0 Å². The molecule has 152 valence electrons. The molecule has 3 fully saturated rings. The van der Waals surface area contributed by atoms with E-state index >= 15 is 0 Å². The molecule has 1 N–H and O–H groups in total. The number of piperazine rings is 1. The van der Waals surface area contributed by atoms with Crippen molar-refractivity contribution < 1.29 is 14.7 Å². The van der Waals surface area contributed by atoms with Crippen LogP contribution in [0.5, 0.6) is 0 Å². The zero-order valence-corrected chi connectivity index (χ0v) is 16.5. The fourth-order valence-electron chi connectivity index (χ4n) is 5.26. The first-order valence-electron chi connectivity index (χ1n) is 10.6. The summed E-state index contributed by atoms with van der Waals surface area (Å²) in [6, 6.07) is 9.98.